The van der Waals surface area contributed by atoms with Crippen molar-refractivity contribution in [2.45, 2.75) is 64.6 Å². The number of ether oxygens (including phenoxy) is 1. The topological polar surface area (TPSA) is 63.6 Å². The van der Waals surface area contributed by atoms with Gasteiger partial charge in [-0.15, -0.1) is 0 Å². The molecule has 2 aliphatic carbocycles. The van der Waals surface area contributed by atoms with Gasteiger partial charge >= 0.3 is 5.97 Å². The molecule has 1 aliphatic heterocycles. The second-order valence-electron chi connectivity index (χ2n) is 7.47. The van der Waals surface area contributed by atoms with Crippen LogP contribution in [0.1, 0.15) is 52.9 Å². The van der Waals surface area contributed by atoms with Gasteiger partial charge in [-0.3, -0.25) is 9.59 Å². The third kappa shape index (κ3) is 1.86. The third-order valence-electron chi connectivity index (χ3n) is 6.41. The number of aliphatic hydroxyl groups is 1. The van der Waals surface area contributed by atoms with E-state index in [9.17, 15) is 14.7 Å². The molecule has 1 saturated heterocycles. The summed E-state index contributed by atoms with van der Waals surface area (Å²) in [6, 6.07) is 0. The summed E-state index contributed by atoms with van der Waals surface area (Å²) in [6.45, 7) is 5.88. The Bertz CT molecular complexity index is 525. The van der Waals surface area contributed by atoms with Crippen molar-refractivity contribution in [1.82, 2.24) is 0 Å². The first-order chi connectivity index (χ1) is 10.4. The van der Waals surface area contributed by atoms with E-state index in [-0.39, 0.29) is 29.5 Å². The number of rotatable bonds is 3. The molecule has 122 valence electrons. The minimum absolute atomic E-state index is 0.0173. The lowest BCUT2D eigenvalue weighted by Crippen LogP contribution is -2.56. The molecule has 22 heavy (non-hydrogen) atoms. The Balaban J connectivity index is 1.99. The van der Waals surface area contributed by atoms with Gasteiger partial charge in [0.25, 0.3) is 0 Å². The van der Waals surface area contributed by atoms with Crippen LogP contribution >= 0.6 is 0 Å². The van der Waals surface area contributed by atoms with E-state index in [1.165, 1.54) is 6.08 Å². The van der Waals surface area contributed by atoms with Gasteiger partial charge in [0.2, 0.25) is 0 Å². The molecule has 0 aromatic heterocycles. The summed E-state index contributed by atoms with van der Waals surface area (Å²) in [5.74, 6) is -0.380. The molecule has 6 atom stereocenters. The number of esters is 1. The molecule has 2 fully saturated rings. The van der Waals surface area contributed by atoms with Gasteiger partial charge in [0, 0.05) is 5.92 Å². The molecule has 0 aromatic rings. The van der Waals surface area contributed by atoms with Crippen LogP contribution in [0.4, 0.5) is 0 Å². The van der Waals surface area contributed by atoms with Crippen molar-refractivity contribution in [1.29, 1.82) is 0 Å². The fourth-order valence-electron chi connectivity index (χ4n) is 4.79. The van der Waals surface area contributed by atoms with E-state index in [1.54, 1.807) is 13.0 Å². The number of carbonyl (C=O) groups excluding carboxylic acids is 2. The monoisotopic (exact) mass is 306 g/mol. The number of unbranched alkanes of at least 4 members (excludes halogenated alkanes) is 1. The molecule has 1 heterocycles. The van der Waals surface area contributed by atoms with Gasteiger partial charge in [0.05, 0.1) is 11.3 Å². The average Bonchev–Trinajstić information content (AvgIpc) is 2.91. The van der Waals surface area contributed by atoms with Crippen molar-refractivity contribution in [3.63, 3.8) is 0 Å². The van der Waals surface area contributed by atoms with Gasteiger partial charge in [-0.05, 0) is 44.3 Å². The highest BCUT2D eigenvalue weighted by Crippen LogP contribution is 2.57. The SMILES string of the molecule is CCCC[C@H]1C(=O)O[C@@H]2[C@H]1CC[C@H](C)[C@]1(O)C=CC(=O)[C@@]21C. The second kappa shape index (κ2) is 5.19. The molecular formula is C18H26O4. The van der Waals surface area contributed by atoms with Gasteiger partial charge in [-0.2, -0.15) is 0 Å². The van der Waals surface area contributed by atoms with Gasteiger partial charge in [0.15, 0.2) is 5.78 Å². The molecule has 0 unspecified atom stereocenters. The number of hydrogen-bond donors (Lipinski definition) is 1. The highest BCUT2D eigenvalue weighted by atomic mass is 16.6. The van der Waals surface area contributed by atoms with Gasteiger partial charge in [-0.25, -0.2) is 0 Å². The maximum atomic E-state index is 12.6. The first kappa shape index (κ1) is 15.7. The summed E-state index contributed by atoms with van der Waals surface area (Å²) < 4.78 is 5.70. The lowest BCUT2D eigenvalue weighted by atomic mass is 9.64. The van der Waals surface area contributed by atoms with E-state index in [0.717, 1.165) is 32.1 Å². The molecule has 0 aromatic carbocycles. The van der Waals surface area contributed by atoms with Crippen molar-refractivity contribution in [3.8, 4) is 0 Å². The molecule has 0 radical (unpaired) electrons. The molecule has 4 heteroatoms. The van der Waals surface area contributed by atoms with Crippen LogP contribution in [0.2, 0.25) is 0 Å². The van der Waals surface area contributed by atoms with Crippen LogP contribution in [-0.4, -0.2) is 28.6 Å². The molecular weight excluding hydrogens is 280 g/mol. The first-order valence-electron chi connectivity index (χ1n) is 8.52. The standard InChI is InChI=1S/C18H26O4/c1-4-5-6-13-12-8-7-11(2)18(21)10-9-14(19)17(18,3)15(12)22-16(13)20/h9-13,15,21H,4-8H2,1-3H3/t11-,12-,13+,15+,17-,18+/m0/s1. The predicted octanol–water partition coefficient (Wildman–Crippen LogP) is 2.64. The maximum absolute atomic E-state index is 12.6. The van der Waals surface area contributed by atoms with Crippen LogP contribution in [-0.2, 0) is 14.3 Å². The molecule has 3 rings (SSSR count). The fraction of sp³-hybridized carbons (Fsp3) is 0.778. The minimum Gasteiger partial charge on any atom is -0.461 e. The normalized spacial score (nSPS) is 47.1. The van der Waals surface area contributed by atoms with Gasteiger partial charge < -0.3 is 9.84 Å². The number of fused-ring (bicyclic) bond motifs is 3. The second-order valence-corrected chi connectivity index (χ2v) is 7.47. The summed E-state index contributed by atoms with van der Waals surface area (Å²) in [6.07, 6.45) is 7.11. The van der Waals surface area contributed by atoms with E-state index < -0.39 is 17.1 Å². The van der Waals surface area contributed by atoms with E-state index >= 15 is 0 Å². The Morgan fingerprint density at radius 3 is 2.77 bits per heavy atom. The molecule has 1 N–H and O–H groups in total. The lowest BCUT2D eigenvalue weighted by molar-refractivity contribution is -0.166. The van der Waals surface area contributed by atoms with Crippen molar-refractivity contribution < 1.29 is 19.4 Å². The zero-order valence-electron chi connectivity index (χ0n) is 13.7. The van der Waals surface area contributed by atoms with Crippen molar-refractivity contribution in [2.24, 2.45) is 23.2 Å². The van der Waals surface area contributed by atoms with Crippen LogP contribution < -0.4 is 0 Å². The lowest BCUT2D eigenvalue weighted by Gasteiger charge is -2.43. The summed E-state index contributed by atoms with van der Waals surface area (Å²) in [5.41, 5.74) is -2.24. The number of allylic oxidation sites excluding steroid dienone is 1. The maximum Gasteiger partial charge on any atom is 0.309 e. The molecule has 0 spiro atoms. The van der Waals surface area contributed by atoms with Crippen LogP contribution in [0, 0.1) is 23.2 Å². The highest BCUT2D eigenvalue weighted by molar-refractivity contribution is 6.00. The van der Waals surface area contributed by atoms with Crippen LogP contribution in [0.25, 0.3) is 0 Å². The van der Waals surface area contributed by atoms with Crippen LogP contribution in [0.15, 0.2) is 12.2 Å². The molecule has 3 aliphatic rings. The minimum atomic E-state index is -1.20. The number of ketones is 1. The van der Waals surface area contributed by atoms with E-state index in [4.69, 9.17) is 4.74 Å². The predicted molar refractivity (Wildman–Crippen MR) is 82.0 cm³/mol. The molecule has 1 saturated carbocycles. The summed E-state index contributed by atoms with van der Waals surface area (Å²) in [7, 11) is 0. The quantitative estimate of drug-likeness (QED) is 0.814. The van der Waals surface area contributed by atoms with E-state index in [2.05, 4.69) is 6.92 Å². The Hall–Kier alpha value is -1.16. The summed E-state index contributed by atoms with van der Waals surface area (Å²) in [4.78, 5) is 24.9. The first-order valence-corrected chi connectivity index (χ1v) is 8.52. The fourth-order valence-corrected chi connectivity index (χ4v) is 4.79. The Morgan fingerprint density at radius 1 is 1.36 bits per heavy atom. The Kier molecular flexibility index (Phi) is 3.71. The van der Waals surface area contributed by atoms with Crippen molar-refractivity contribution in [3.05, 3.63) is 12.2 Å². The van der Waals surface area contributed by atoms with Crippen LogP contribution in [0.5, 0.6) is 0 Å². The largest absolute Gasteiger partial charge is 0.461 e. The molecule has 0 amide bonds. The smallest absolute Gasteiger partial charge is 0.309 e. The molecule has 0 bridgehead atoms. The van der Waals surface area contributed by atoms with Gasteiger partial charge in [0.1, 0.15) is 11.7 Å². The van der Waals surface area contributed by atoms with E-state index in [0.29, 0.717) is 0 Å². The van der Waals surface area contributed by atoms with Crippen LogP contribution in [0.3, 0.4) is 0 Å². The molecule has 4 nitrogen and oxygen atoms in total. The third-order valence-corrected chi connectivity index (χ3v) is 6.41. The van der Waals surface area contributed by atoms with Crippen molar-refractivity contribution in [2.75, 3.05) is 0 Å². The average molecular weight is 306 g/mol. The highest BCUT2D eigenvalue weighted by Gasteiger charge is 2.67. The zero-order valence-corrected chi connectivity index (χ0v) is 13.7. The Labute approximate surface area is 131 Å². The number of carbonyl (C=O) groups is 2. The zero-order chi connectivity index (χ0) is 16.1. The van der Waals surface area contributed by atoms with E-state index in [1.807, 2.05) is 6.92 Å². The number of hydrogen-bond acceptors (Lipinski definition) is 4. The van der Waals surface area contributed by atoms with Crippen molar-refractivity contribution >= 4 is 11.8 Å². The van der Waals surface area contributed by atoms with Gasteiger partial charge in [-0.1, -0.05) is 26.7 Å². The summed E-state index contributed by atoms with van der Waals surface area (Å²) >= 11 is 0. The Morgan fingerprint density at radius 2 is 2.09 bits per heavy atom. The summed E-state index contributed by atoms with van der Waals surface area (Å²) in [5, 5.41) is 11.2.